The fourth-order valence-electron chi connectivity index (χ4n) is 1.52. The number of rotatable bonds is 2. The predicted molar refractivity (Wildman–Crippen MR) is 58.4 cm³/mol. The number of nitrogen functional groups attached to an aromatic ring is 1. The van der Waals surface area contributed by atoms with Crippen LogP contribution < -0.4 is 16.4 Å². The maximum absolute atomic E-state index is 11.4. The van der Waals surface area contributed by atoms with E-state index in [0.29, 0.717) is 24.3 Å². The van der Waals surface area contributed by atoms with E-state index in [4.69, 9.17) is 5.73 Å². The molecular formula is C10H12N4O2. The van der Waals surface area contributed by atoms with Crippen molar-refractivity contribution < 1.29 is 9.59 Å². The van der Waals surface area contributed by atoms with Crippen LogP contribution in [0.2, 0.25) is 0 Å². The molecule has 0 spiro atoms. The number of nitrogens with zero attached hydrogens (tertiary/aromatic N) is 1. The molecule has 4 N–H and O–H groups in total. The van der Waals surface area contributed by atoms with E-state index >= 15 is 0 Å². The van der Waals surface area contributed by atoms with E-state index in [-0.39, 0.29) is 17.9 Å². The Morgan fingerprint density at radius 1 is 1.44 bits per heavy atom. The Morgan fingerprint density at radius 2 is 2.25 bits per heavy atom. The smallest absolute Gasteiger partial charge is 0.249 e. The Kier molecular flexibility index (Phi) is 2.72. The second kappa shape index (κ2) is 4.18. The highest BCUT2D eigenvalue weighted by atomic mass is 16.2. The zero-order chi connectivity index (χ0) is 11.5. The number of amides is 2. The Balaban J connectivity index is 2.02. The Morgan fingerprint density at radius 3 is 2.88 bits per heavy atom. The van der Waals surface area contributed by atoms with E-state index in [2.05, 4.69) is 15.6 Å². The van der Waals surface area contributed by atoms with Crippen LogP contribution in [-0.2, 0) is 9.59 Å². The van der Waals surface area contributed by atoms with Crippen LogP contribution in [0.1, 0.15) is 12.8 Å². The first kappa shape index (κ1) is 10.4. The summed E-state index contributed by atoms with van der Waals surface area (Å²) in [4.78, 5) is 26.3. The van der Waals surface area contributed by atoms with Crippen LogP contribution >= 0.6 is 0 Å². The molecule has 1 aromatic heterocycles. The van der Waals surface area contributed by atoms with Gasteiger partial charge in [-0.05, 0) is 18.6 Å². The monoisotopic (exact) mass is 220 g/mol. The van der Waals surface area contributed by atoms with Gasteiger partial charge in [-0.2, -0.15) is 0 Å². The van der Waals surface area contributed by atoms with Crippen molar-refractivity contribution in [3.63, 3.8) is 0 Å². The number of carbonyl (C=O) groups is 2. The fraction of sp³-hybridized carbons (Fsp3) is 0.300. The van der Waals surface area contributed by atoms with Gasteiger partial charge < -0.3 is 11.1 Å². The Hall–Kier alpha value is -2.11. The average Bonchev–Trinajstić information content (AvgIpc) is 2.25. The third-order valence-electron chi connectivity index (χ3n) is 2.37. The van der Waals surface area contributed by atoms with Gasteiger partial charge in [0.05, 0.1) is 11.9 Å². The van der Waals surface area contributed by atoms with Gasteiger partial charge in [-0.25, -0.2) is 4.98 Å². The van der Waals surface area contributed by atoms with Gasteiger partial charge in [-0.1, -0.05) is 0 Å². The molecule has 1 aliphatic rings. The molecule has 1 unspecified atom stereocenters. The molecule has 16 heavy (non-hydrogen) atoms. The Labute approximate surface area is 92.2 Å². The summed E-state index contributed by atoms with van der Waals surface area (Å²) < 4.78 is 0. The molecule has 6 nitrogen and oxygen atoms in total. The molecule has 84 valence electrons. The van der Waals surface area contributed by atoms with Crippen LogP contribution in [-0.4, -0.2) is 22.8 Å². The van der Waals surface area contributed by atoms with Gasteiger partial charge in [0.2, 0.25) is 11.8 Å². The van der Waals surface area contributed by atoms with Crippen LogP contribution in [0.25, 0.3) is 0 Å². The fourth-order valence-corrected chi connectivity index (χ4v) is 1.52. The number of aromatic nitrogens is 1. The van der Waals surface area contributed by atoms with Crippen LogP contribution in [0.5, 0.6) is 0 Å². The highest BCUT2D eigenvalue weighted by Gasteiger charge is 2.26. The number of anilines is 2. The molecule has 1 saturated heterocycles. The van der Waals surface area contributed by atoms with Crippen molar-refractivity contribution in [2.75, 3.05) is 11.1 Å². The third-order valence-corrected chi connectivity index (χ3v) is 2.37. The highest BCUT2D eigenvalue weighted by molar-refractivity contribution is 6.01. The third kappa shape index (κ3) is 2.28. The summed E-state index contributed by atoms with van der Waals surface area (Å²) in [6, 6.07) is 3.00. The van der Waals surface area contributed by atoms with E-state index in [9.17, 15) is 9.59 Å². The van der Waals surface area contributed by atoms with Gasteiger partial charge in [0.1, 0.15) is 11.9 Å². The van der Waals surface area contributed by atoms with Gasteiger partial charge in [0.15, 0.2) is 0 Å². The molecule has 1 aromatic rings. The summed E-state index contributed by atoms with van der Waals surface area (Å²) in [7, 11) is 0. The van der Waals surface area contributed by atoms with E-state index in [1.807, 2.05) is 0 Å². The molecular weight excluding hydrogens is 208 g/mol. The van der Waals surface area contributed by atoms with Crippen LogP contribution in [0.15, 0.2) is 18.3 Å². The number of nitrogens with one attached hydrogen (secondary N) is 2. The zero-order valence-electron chi connectivity index (χ0n) is 8.56. The second-order valence-electron chi connectivity index (χ2n) is 3.62. The lowest BCUT2D eigenvalue weighted by Crippen LogP contribution is -2.47. The van der Waals surface area contributed by atoms with Crippen LogP contribution in [0.3, 0.4) is 0 Å². The van der Waals surface area contributed by atoms with Crippen molar-refractivity contribution in [1.82, 2.24) is 10.3 Å². The summed E-state index contributed by atoms with van der Waals surface area (Å²) >= 11 is 0. The molecule has 1 fully saturated rings. The number of nitrogens with two attached hydrogens (primary N) is 1. The number of imide groups is 1. The molecule has 2 heterocycles. The first-order valence-corrected chi connectivity index (χ1v) is 4.97. The lowest BCUT2D eigenvalue weighted by molar-refractivity contribution is -0.133. The van der Waals surface area contributed by atoms with Crippen LogP contribution in [0.4, 0.5) is 11.5 Å². The minimum absolute atomic E-state index is 0.224. The summed E-state index contributed by atoms with van der Waals surface area (Å²) in [5.41, 5.74) is 6.15. The minimum Gasteiger partial charge on any atom is -0.384 e. The van der Waals surface area contributed by atoms with Gasteiger partial charge in [0.25, 0.3) is 0 Å². The number of pyridine rings is 1. The molecule has 1 aliphatic heterocycles. The summed E-state index contributed by atoms with van der Waals surface area (Å²) in [6.07, 6.45) is 2.40. The Bertz CT molecular complexity index is 415. The number of hydrogen-bond donors (Lipinski definition) is 3. The molecule has 0 bridgehead atoms. The summed E-state index contributed by atoms with van der Waals surface area (Å²) in [6.45, 7) is 0. The van der Waals surface area contributed by atoms with E-state index in [1.165, 1.54) is 0 Å². The van der Waals surface area contributed by atoms with Crippen molar-refractivity contribution >= 4 is 23.3 Å². The second-order valence-corrected chi connectivity index (χ2v) is 3.62. The van der Waals surface area contributed by atoms with E-state index in [0.717, 1.165) is 0 Å². The molecule has 2 amide bonds. The van der Waals surface area contributed by atoms with Crippen molar-refractivity contribution in [3.8, 4) is 0 Å². The largest absolute Gasteiger partial charge is 0.384 e. The van der Waals surface area contributed by atoms with Gasteiger partial charge in [-0.15, -0.1) is 0 Å². The summed E-state index contributed by atoms with van der Waals surface area (Å²) in [5.74, 6) is -0.0969. The number of piperidine rings is 1. The first-order valence-electron chi connectivity index (χ1n) is 4.97. The van der Waals surface area contributed by atoms with Crippen molar-refractivity contribution in [3.05, 3.63) is 18.3 Å². The SMILES string of the molecule is Nc1ccc(NC2CCC(=O)NC2=O)cn1. The van der Waals surface area contributed by atoms with Gasteiger partial charge in [-0.3, -0.25) is 14.9 Å². The molecule has 0 radical (unpaired) electrons. The van der Waals surface area contributed by atoms with Gasteiger partial charge in [0, 0.05) is 6.42 Å². The number of hydrogen-bond acceptors (Lipinski definition) is 5. The van der Waals surface area contributed by atoms with Crippen molar-refractivity contribution in [2.24, 2.45) is 0 Å². The molecule has 1 atom stereocenters. The number of carbonyl (C=O) groups excluding carboxylic acids is 2. The predicted octanol–water partition coefficient (Wildman–Crippen LogP) is -0.119. The van der Waals surface area contributed by atoms with Gasteiger partial charge >= 0.3 is 0 Å². The maximum Gasteiger partial charge on any atom is 0.249 e. The van der Waals surface area contributed by atoms with Crippen molar-refractivity contribution in [1.29, 1.82) is 0 Å². The lowest BCUT2D eigenvalue weighted by atomic mass is 10.1. The topological polar surface area (TPSA) is 97.1 Å². The molecule has 0 saturated carbocycles. The van der Waals surface area contributed by atoms with E-state index < -0.39 is 0 Å². The normalized spacial score (nSPS) is 20.4. The lowest BCUT2D eigenvalue weighted by Gasteiger charge is -2.22. The minimum atomic E-state index is -0.386. The van der Waals surface area contributed by atoms with Crippen molar-refractivity contribution in [2.45, 2.75) is 18.9 Å². The molecule has 6 heteroatoms. The molecule has 0 aromatic carbocycles. The standard InChI is InChI=1S/C10H12N4O2/c11-8-3-1-6(5-12-8)13-7-2-4-9(15)14-10(7)16/h1,3,5,7,13H,2,4H2,(H2,11,12)(H,14,15,16). The maximum atomic E-state index is 11.4. The van der Waals surface area contributed by atoms with Crippen LogP contribution in [0, 0.1) is 0 Å². The molecule has 0 aliphatic carbocycles. The highest BCUT2D eigenvalue weighted by Crippen LogP contribution is 2.13. The van der Waals surface area contributed by atoms with E-state index in [1.54, 1.807) is 18.3 Å². The first-order chi connectivity index (χ1) is 7.65. The average molecular weight is 220 g/mol. The zero-order valence-corrected chi connectivity index (χ0v) is 8.56. The summed E-state index contributed by atoms with van der Waals surface area (Å²) in [5, 5.41) is 5.27. The molecule has 2 rings (SSSR count). The quantitative estimate of drug-likeness (QED) is 0.604.